The summed E-state index contributed by atoms with van der Waals surface area (Å²) in [5.74, 6) is -1.73. The normalized spacial score (nSPS) is 12.1. The molecular weight excluding hydrogens is 251 g/mol. The van der Waals surface area contributed by atoms with Crippen molar-refractivity contribution in [1.82, 2.24) is 0 Å². The van der Waals surface area contributed by atoms with Crippen molar-refractivity contribution in [2.24, 2.45) is 0 Å². The van der Waals surface area contributed by atoms with Gasteiger partial charge in [0.2, 0.25) is 0 Å². The number of benzene rings is 1. The molecule has 0 aliphatic heterocycles. The molecule has 1 N–H and O–H groups in total. The molecule has 0 spiro atoms. The van der Waals surface area contributed by atoms with Gasteiger partial charge < -0.3 is 9.90 Å². The number of carboxylic acid groups (broad SMARTS) is 1. The predicted octanol–water partition coefficient (Wildman–Crippen LogP) is 3.14. The van der Waals surface area contributed by atoms with Crippen molar-refractivity contribution >= 4 is 35.5 Å². The first-order valence-corrected chi connectivity index (χ1v) is 5.42. The molecule has 16 heavy (non-hydrogen) atoms. The highest BCUT2D eigenvalue weighted by molar-refractivity contribution is 6.34. The van der Waals surface area contributed by atoms with Gasteiger partial charge in [-0.2, -0.15) is 0 Å². The molecule has 0 aliphatic carbocycles. The Bertz CT molecular complexity index is 384. The van der Waals surface area contributed by atoms with Crippen LogP contribution in [0.2, 0.25) is 10.0 Å². The number of carbonyl (C=O) groups is 2. The smallest absolute Gasteiger partial charge is 0.310 e. The lowest BCUT2D eigenvalue weighted by Crippen LogP contribution is -2.11. The molecule has 5 heteroatoms. The van der Waals surface area contributed by atoms with Gasteiger partial charge in [0.15, 0.2) is 0 Å². The van der Waals surface area contributed by atoms with Crippen LogP contribution in [0.25, 0.3) is 0 Å². The molecule has 0 saturated heterocycles. The summed E-state index contributed by atoms with van der Waals surface area (Å²) in [4.78, 5) is 21.3. The molecule has 0 aromatic heterocycles. The molecule has 0 fully saturated rings. The van der Waals surface area contributed by atoms with Gasteiger partial charge in [0, 0.05) is 16.5 Å². The Balaban J connectivity index is 3.00. The maximum atomic E-state index is 11.0. The van der Waals surface area contributed by atoms with Crippen LogP contribution in [-0.4, -0.2) is 17.4 Å². The van der Waals surface area contributed by atoms with Gasteiger partial charge >= 0.3 is 5.97 Å². The molecular formula is C11H10Cl2O3. The summed E-state index contributed by atoms with van der Waals surface area (Å²) in [6.45, 7) is 0. The number of carboxylic acids is 1. The van der Waals surface area contributed by atoms with Gasteiger partial charge in [-0.1, -0.05) is 23.2 Å². The maximum absolute atomic E-state index is 11.0. The van der Waals surface area contributed by atoms with Crippen LogP contribution in [0.4, 0.5) is 0 Å². The van der Waals surface area contributed by atoms with Crippen LogP contribution in [-0.2, 0) is 9.59 Å². The summed E-state index contributed by atoms with van der Waals surface area (Å²) in [6, 6.07) is 4.64. The van der Waals surface area contributed by atoms with Crippen molar-refractivity contribution in [3.8, 4) is 0 Å². The van der Waals surface area contributed by atoms with E-state index in [1.165, 1.54) is 6.07 Å². The van der Waals surface area contributed by atoms with Crippen LogP contribution in [0.5, 0.6) is 0 Å². The molecule has 1 aromatic rings. The van der Waals surface area contributed by atoms with Crippen molar-refractivity contribution in [2.75, 3.05) is 0 Å². The summed E-state index contributed by atoms with van der Waals surface area (Å²) < 4.78 is 0. The van der Waals surface area contributed by atoms with Crippen LogP contribution in [0.3, 0.4) is 0 Å². The van der Waals surface area contributed by atoms with E-state index in [0.717, 1.165) is 0 Å². The summed E-state index contributed by atoms with van der Waals surface area (Å²) in [5, 5.41) is 9.81. The number of aldehydes is 1. The molecule has 1 rings (SSSR count). The second-order valence-electron chi connectivity index (χ2n) is 3.34. The van der Waals surface area contributed by atoms with Crippen molar-refractivity contribution in [3.05, 3.63) is 33.8 Å². The largest absolute Gasteiger partial charge is 0.481 e. The van der Waals surface area contributed by atoms with Crippen LogP contribution in [0, 0.1) is 0 Å². The third kappa shape index (κ3) is 3.51. The van der Waals surface area contributed by atoms with Crippen LogP contribution < -0.4 is 0 Å². The first-order valence-electron chi connectivity index (χ1n) is 4.67. The molecule has 86 valence electrons. The standard InChI is InChI=1S/C11H10Cl2O3/c12-8-4-7(5-9(13)6-8)10(11(15)16)2-1-3-14/h3-6,10H,1-2H2,(H,15,16). The molecule has 0 bridgehead atoms. The zero-order valence-electron chi connectivity index (χ0n) is 8.32. The molecule has 0 saturated carbocycles. The van der Waals surface area contributed by atoms with E-state index in [9.17, 15) is 9.59 Å². The lowest BCUT2D eigenvalue weighted by molar-refractivity contribution is -0.139. The second kappa shape index (κ2) is 5.87. The minimum Gasteiger partial charge on any atom is -0.481 e. The molecule has 1 unspecified atom stereocenters. The topological polar surface area (TPSA) is 54.4 Å². The van der Waals surface area contributed by atoms with Crippen molar-refractivity contribution in [2.45, 2.75) is 18.8 Å². The third-order valence-electron chi connectivity index (χ3n) is 2.16. The van der Waals surface area contributed by atoms with Gasteiger partial charge in [-0.15, -0.1) is 0 Å². The van der Waals surface area contributed by atoms with E-state index in [0.29, 0.717) is 21.9 Å². The van der Waals surface area contributed by atoms with E-state index in [4.69, 9.17) is 28.3 Å². The Morgan fingerprint density at radius 3 is 2.31 bits per heavy atom. The monoisotopic (exact) mass is 260 g/mol. The van der Waals surface area contributed by atoms with E-state index in [1.807, 2.05) is 0 Å². The minimum absolute atomic E-state index is 0.196. The molecule has 0 radical (unpaired) electrons. The molecule has 1 aromatic carbocycles. The average molecular weight is 261 g/mol. The highest BCUT2D eigenvalue weighted by atomic mass is 35.5. The fraction of sp³-hybridized carbons (Fsp3) is 0.273. The Kier molecular flexibility index (Phi) is 4.77. The van der Waals surface area contributed by atoms with Gasteiger partial charge in [0.25, 0.3) is 0 Å². The number of carbonyl (C=O) groups excluding carboxylic acids is 1. The summed E-state index contributed by atoms with van der Waals surface area (Å²) >= 11 is 11.6. The zero-order valence-corrected chi connectivity index (χ0v) is 9.83. The Morgan fingerprint density at radius 1 is 1.31 bits per heavy atom. The molecule has 0 heterocycles. The van der Waals surface area contributed by atoms with Crippen molar-refractivity contribution in [3.63, 3.8) is 0 Å². The van der Waals surface area contributed by atoms with E-state index >= 15 is 0 Å². The van der Waals surface area contributed by atoms with E-state index < -0.39 is 11.9 Å². The SMILES string of the molecule is O=CCCC(C(=O)O)c1cc(Cl)cc(Cl)c1. The Hall–Kier alpha value is -1.06. The first-order chi connectivity index (χ1) is 7.54. The van der Waals surface area contributed by atoms with Crippen molar-refractivity contribution < 1.29 is 14.7 Å². The first kappa shape index (κ1) is 13.0. The lowest BCUT2D eigenvalue weighted by atomic mass is 9.95. The Labute approximate surface area is 103 Å². The summed E-state index contributed by atoms with van der Waals surface area (Å²) in [7, 11) is 0. The summed E-state index contributed by atoms with van der Waals surface area (Å²) in [6.07, 6.45) is 1.14. The number of hydrogen-bond acceptors (Lipinski definition) is 2. The van der Waals surface area contributed by atoms with Crippen LogP contribution >= 0.6 is 23.2 Å². The quantitative estimate of drug-likeness (QED) is 0.828. The van der Waals surface area contributed by atoms with E-state index in [1.54, 1.807) is 12.1 Å². The zero-order chi connectivity index (χ0) is 12.1. The number of rotatable bonds is 5. The second-order valence-corrected chi connectivity index (χ2v) is 4.21. The minimum atomic E-state index is -0.986. The fourth-order valence-electron chi connectivity index (χ4n) is 1.44. The molecule has 3 nitrogen and oxygen atoms in total. The lowest BCUT2D eigenvalue weighted by Gasteiger charge is -2.11. The Morgan fingerprint density at radius 2 is 1.88 bits per heavy atom. The highest BCUT2D eigenvalue weighted by Gasteiger charge is 2.20. The number of halogens is 2. The highest BCUT2D eigenvalue weighted by Crippen LogP contribution is 2.27. The number of hydrogen-bond donors (Lipinski definition) is 1. The van der Waals surface area contributed by atoms with Crippen molar-refractivity contribution in [1.29, 1.82) is 0 Å². The van der Waals surface area contributed by atoms with Gasteiger partial charge in [0.1, 0.15) is 6.29 Å². The molecule has 1 atom stereocenters. The number of aliphatic carboxylic acids is 1. The fourth-order valence-corrected chi connectivity index (χ4v) is 1.99. The third-order valence-corrected chi connectivity index (χ3v) is 2.59. The summed E-state index contributed by atoms with van der Waals surface area (Å²) in [5.41, 5.74) is 0.520. The van der Waals surface area contributed by atoms with Gasteiger partial charge in [-0.05, 0) is 30.2 Å². The van der Waals surface area contributed by atoms with Crippen LogP contribution in [0.15, 0.2) is 18.2 Å². The average Bonchev–Trinajstić information content (AvgIpc) is 2.16. The van der Waals surface area contributed by atoms with Gasteiger partial charge in [-0.3, -0.25) is 4.79 Å². The predicted molar refractivity (Wildman–Crippen MR) is 62.1 cm³/mol. The molecule has 0 amide bonds. The van der Waals surface area contributed by atoms with Gasteiger partial charge in [-0.25, -0.2) is 0 Å². The maximum Gasteiger partial charge on any atom is 0.310 e. The van der Waals surface area contributed by atoms with Gasteiger partial charge in [0.05, 0.1) is 5.92 Å². The van der Waals surface area contributed by atoms with E-state index in [-0.39, 0.29) is 12.8 Å². The van der Waals surface area contributed by atoms with Crippen LogP contribution in [0.1, 0.15) is 24.3 Å². The molecule has 0 aliphatic rings. The van der Waals surface area contributed by atoms with E-state index in [2.05, 4.69) is 0 Å².